The van der Waals surface area contributed by atoms with Gasteiger partial charge < -0.3 is 14.5 Å². The third-order valence-electron chi connectivity index (χ3n) is 9.48. The third kappa shape index (κ3) is 6.02. The Bertz CT molecular complexity index is 1040. The molecule has 0 aromatic heterocycles. The summed E-state index contributed by atoms with van der Waals surface area (Å²) in [6, 6.07) is 5.58. The smallest absolute Gasteiger partial charge is 0.353 e. The third-order valence-corrected chi connectivity index (χ3v) is 9.48. The number of alkyl halides is 6. The zero-order valence-corrected chi connectivity index (χ0v) is 23.1. The van der Waals surface area contributed by atoms with E-state index in [-0.39, 0.29) is 42.3 Å². The molecule has 1 aliphatic carbocycles. The van der Waals surface area contributed by atoms with Crippen LogP contribution in [0.2, 0.25) is 0 Å². The van der Waals surface area contributed by atoms with Crippen LogP contribution in [0, 0.1) is 11.8 Å². The number of rotatable bonds is 8. The zero-order valence-electron chi connectivity index (χ0n) is 23.1. The highest BCUT2D eigenvalue weighted by Crippen LogP contribution is 2.51. The SMILES string of the molecule is CC(C)[C@H]1CO[C@]23CC[C@H](N(Cc4ccc(C(F)(F)F)cc4)C4CN(CCCC(F)(F)F)C4)C[C@H]2CCC(=O)N13. The molecule has 1 aromatic rings. The molecule has 1 aromatic carbocycles. The van der Waals surface area contributed by atoms with Gasteiger partial charge in [0.1, 0.15) is 5.72 Å². The van der Waals surface area contributed by atoms with E-state index in [1.54, 1.807) is 0 Å². The van der Waals surface area contributed by atoms with Gasteiger partial charge in [-0.15, -0.1) is 0 Å². The van der Waals surface area contributed by atoms with E-state index in [9.17, 15) is 31.1 Å². The molecule has 11 heteroatoms. The number of halogens is 6. The minimum atomic E-state index is -4.40. The van der Waals surface area contributed by atoms with E-state index in [2.05, 4.69) is 18.7 Å². The molecule has 4 atom stereocenters. The van der Waals surface area contributed by atoms with Crippen molar-refractivity contribution in [2.45, 2.75) is 102 Å². The lowest BCUT2D eigenvalue weighted by atomic mass is 9.72. The first kappa shape index (κ1) is 29.6. The normalized spacial score (nSPS) is 30.1. The fourth-order valence-electron chi connectivity index (χ4n) is 7.32. The molecule has 0 bridgehead atoms. The van der Waals surface area contributed by atoms with Crippen LogP contribution in [0.1, 0.15) is 69.9 Å². The summed E-state index contributed by atoms with van der Waals surface area (Å²) in [4.78, 5) is 19.4. The van der Waals surface area contributed by atoms with Crippen molar-refractivity contribution in [2.24, 2.45) is 11.8 Å². The second-order valence-corrected chi connectivity index (χ2v) is 12.4. The lowest BCUT2D eigenvalue weighted by molar-refractivity contribution is -0.194. The number of carbonyl (C=O) groups is 1. The van der Waals surface area contributed by atoms with E-state index in [1.165, 1.54) is 12.1 Å². The number of ether oxygens (including phenoxy) is 1. The van der Waals surface area contributed by atoms with Crippen molar-refractivity contribution in [1.82, 2.24) is 14.7 Å². The number of likely N-dealkylation sites (tertiary alicyclic amines) is 1. The lowest BCUT2D eigenvalue weighted by Gasteiger charge is -2.56. The molecule has 5 nitrogen and oxygen atoms in total. The van der Waals surface area contributed by atoms with Crippen LogP contribution < -0.4 is 0 Å². The Labute approximate surface area is 231 Å². The van der Waals surface area contributed by atoms with E-state index in [0.717, 1.165) is 37.0 Å². The molecule has 4 fully saturated rings. The molecule has 0 radical (unpaired) electrons. The van der Waals surface area contributed by atoms with Gasteiger partial charge in [0.25, 0.3) is 0 Å². The van der Waals surface area contributed by atoms with Crippen LogP contribution in [-0.2, 0) is 22.3 Å². The molecule has 5 rings (SSSR count). The fourth-order valence-corrected chi connectivity index (χ4v) is 7.32. The summed E-state index contributed by atoms with van der Waals surface area (Å²) in [6.45, 7) is 6.89. The average Bonchev–Trinajstić information content (AvgIpc) is 3.24. The van der Waals surface area contributed by atoms with Crippen molar-refractivity contribution in [3.8, 4) is 0 Å². The van der Waals surface area contributed by atoms with E-state index >= 15 is 0 Å². The van der Waals surface area contributed by atoms with Gasteiger partial charge in [0, 0.05) is 50.5 Å². The molecule has 40 heavy (non-hydrogen) atoms. The first-order valence-electron chi connectivity index (χ1n) is 14.4. The van der Waals surface area contributed by atoms with E-state index in [4.69, 9.17) is 4.74 Å². The highest BCUT2D eigenvalue weighted by Gasteiger charge is 2.59. The van der Waals surface area contributed by atoms with Gasteiger partial charge in [0.15, 0.2) is 0 Å². The Morgan fingerprint density at radius 1 is 1.05 bits per heavy atom. The van der Waals surface area contributed by atoms with Crippen molar-refractivity contribution in [3.63, 3.8) is 0 Å². The molecule has 1 saturated carbocycles. The van der Waals surface area contributed by atoms with Gasteiger partial charge in [-0.3, -0.25) is 9.69 Å². The summed E-state index contributed by atoms with van der Waals surface area (Å²) < 4.78 is 83.7. The molecule has 3 aliphatic heterocycles. The molecule has 1 spiro atoms. The number of hydrogen-bond donors (Lipinski definition) is 0. The molecular formula is C29H39F6N3O2. The molecule has 0 N–H and O–H groups in total. The van der Waals surface area contributed by atoms with Crippen molar-refractivity contribution in [1.29, 1.82) is 0 Å². The van der Waals surface area contributed by atoms with Gasteiger partial charge in [-0.1, -0.05) is 26.0 Å². The lowest BCUT2D eigenvalue weighted by Crippen LogP contribution is -2.66. The predicted octanol–water partition coefficient (Wildman–Crippen LogP) is 6.08. The second-order valence-electron chi connectivity index (χ2n) is 12.4. The monoisotopic (exact) mass is 575 g/mol. The van der Waals surface area contributed by atoms with E-state index < -0.39 is 30.1 Å². The van der Waals surface area contributed by atoms with Crippen LogP contribution in [0.25, 0.3) is 0 Å². The number of nitrogens with zero attached hydrogens (tertiary/aromatic N) is 3. The van der Waals surface area contributed by atoms with Crippen molar-refractivity contribution in [2.75, 3.05) is 26.2 Å². The van der Waals surface area contributed by atoms with Crippen LogP contribution in [-0.4, -0.2) is 76.9 Å². The number of carbonyl (C=O) groups excluding carboxylic acids is 1. The summed E-state index contributed by atoms with van der Waals surface area (Å²) in [6.07, 6.45) is -5.76. The highest BCUT2D eigenvalue weighted by molar-refractivity contribution is 5.78. The quantitative estimate of drug-likeness (QED) is 0.353. The van der Waals surface area contributed by atoms with Gasteiger partial charge in [-0.2, -0.15) is 26.3 Å². The van der Waals surface area contributed by atoms with Crippen molar-refractivity contribution < 1.29 is 35.9 Å². The van der Waals surface area contributed by atoms with Crippen LogP contribution in [0.4, 0.5) is 26.3 Å². The van der Waals surface area contributed by atoms with Crippen LogP contribution >= 0.6 is 0 Å². The summed E-state index contributed by atoms with van der Waals surface area (Å²) in [5.74, 6) is 0.612. The minimum Gasteiger partial charge on any atom is -0.353 e. The van der Waals surface area contributed by atoms with Gasteiger partial charge in [-0.25, -0.2) is 0 Å². The fraction of sp³-hybridized carbons (Fsp3) is 0.759. The Hall–Kier alpha value is -1.85. The maximum Gasteiger partial charge on any atom is 0.416 e. The Balaban J connectivity index is 1.30. The summed E-state index contributed by atoms with van der Waals surface area (Å²) >= 11 is 0. The molecule has 1 amide bonds. The average molecular weight is 576 g/mol. The van der Waals surface area contributed by atoms with Crippen LogP contribution in [0.15, 0.2) is 24.3 Å². The molecule has 224 valence electrons. The Morgan fingerprint density at radius 3 is 2.38 bits per heavy atom. The molecular weight excluding hydrogens is 536 g/mol. The van der Waals surface area contributed by atoms with Gasteiger partial charge in [0.05, 0.1) is 18.2 Å². The number of piperidine rings is 1. The summed E-state index contributed by atoms with van der Waals surface area (Å²) in [7, 11) is 0. The van der Waals surface area contributed by atoms with Gasteiger partial charge in [-0.05, 0) is 62.3 Å². The van der Waals surface area contributed by atoms with Crippen molar-refractivity contribution >= 4 is 5.91 Å². The summed E-state index contributed by atoms with van der Waals surface area (Å²) in [5.41, 5.74) is -0.488. The molecule has 4 aliphatic rings. The first-order valence-corrected chi connectivity index (χ1v) is 14.4. The maximum atomic E-state index is 13.1. The topological polar surface area (TPSA) is 36.0 Å². The van der Waals surface area contributed by atoms with Gasteiger partial charge in [0.2, 0.25) is 5.91 Å². The molecule has 0 unspecified atom stereocenters. The maximum absolute atomic E-state index is 13.1. The minimum absolute atomic E-state index is 0.0569. The van der Waals surface area contributed by atoms with E-state index in [0.29, 0.717) is 45.6 Å². The zero-order chi connectivity index (χ0) is 28.9. The van der Waals surface area contributed by atoms with Crippen molar-refractivity contribution in [3.05, 3.63) is 35.4 Å². The van der Waals surface area contributed by atoms with Crippen LogP contribution in [0.5, 0.6) is 0 Å². The van der Waals surface area contributed by atoms with Gasteiger partial charge >= 0.3 is 12.4 Å². The number of hydrogen-bond acceptors (Lipinski definition) is 4. The Kier molecular flexibility index (Phi) is 8.22. The van der Waals surface area contributed by atoms with Crippen LogP contribution in [0.3, 0.4) is 0 Å². The van der Waals surface area contributed by atoms with E-state index in [1.807, 2.05) is 9.80 Å². The first-order chi connectivity index (χ1) is 18.8. The standard InChI is InChI=1S/C29H39F6N3O2/c1-19(2)25-18-40-27-12-10-23(14-22(27)8-9-26(39)38(25)27)37(15-20-4-6-21(7-5-20)29(33,34)35)24-16-36(17-24)13-3-11-28(30,31)32/h4-7,19,22-25H,3,8-18H2,1-2H3/t22-,23+,25-,27-/m1/s1. The molecule has 3 heterocycles. The Morgan fingerprint density at radius 2 is 1.75 bits per heavy atom. The number of amides is 1. The number of benzene rings is 1. The molecule has 3 saturated heterocycles. The predicted molar refractivity (Wildman–Crippen MR) is 137 cm³/mol. The summed E-state index contributed by atoms with van der Waals surface area (Å²) in [5, 5.41) is 0. The largest absolute Gasteiger partial charge is 0.416 e. The highest BCUT2D eigenvalue weighted by atomic mass is 19.4. The second kappa shape index (κ2) is 11.1.